The van der Waals surface area contributed by atoms with Gasteiger partial charge in [-0.2, -0.15) is 14.7 Å². The molecule has 9 heteroatoms. The van der Waals surface area contributed by atoms with Gasteiger partial charge in [0.25, 0.3) is 0 Å². The van der Waals surface area contributed by atoms with Gasteiger partial charge >= 0.3 is 0 Å². The van der Waals surface area contributed by atoms with Gasteiger partial charge in [-0.1, -0.05) is 31.2 Å². The van der Waals surface area contributed by atoms with Crippen LogP contribution in [0, 0.1) is 11.3 Å². The Morgan fingerprint density at radius 3 is 2.64 bits per heavy atom. The first-order valence-electron chi connectivity index (χ1n) is 12.4. The molecular formula is C27H31N5O3S. The van der Waals surface area contributed by atoms with E-state index in [4.69, 9.17) is 9.84 Å². The van der Waals surface area contributed by atoms with Crippen LogP contribution in [0.5, 0.6) is 5.75 Å². The molecule has 0 atom stereocenters. The summed E-state index contributed by atoms with van der Waals surface area (Å²) in [6.07, 6.45) is 3.50. The number of rotatable bonds is 9. The molecule has 0 spiro atoms. The van der Waals surface area contributed by atoms with Crippen molar-refractivity contribution in [3.05, 3.63) is 71.0 Å². The van der Waals surface area contributed by atoms with Crippen LogP contribution in [0.4, 0.5) is 0 Å². The van der Waals surface area contributed by atoms with Gasteiger partial charge in [-0.25, -0.2) is 13.1 Å². The lowest BCUT2D eigenvalue weighted by Crippen LogP contribution is -2.35. The summed E-state index contributed by atoms with van der Waals surface area (Å²) in [6.45, 7) is 5.00. The molecule has 0 amide bonds. The standard InChI is InChI=1S/C27H31N5O3S/c1-3-15-30-16-14-24-22(18-30)23(29-32(24)25-9-5-6-10-26(25)35-2)19-31(21-12-13-21)36(33,34)27-11-7-4-8-20(27)17-28/h4-11,21H,3,12-16,18-19H2,1-2H3. The Kier molecular flexibility index (Phi) is 6.84. The van der Waals surface area contributed by atoms with Crippen LogP contribution in [0.3, 0.4) is 0 Å². The van der Waals surface area contributed by atoms with Crippen LogP contribution in [0.1, 0.15) is 48.7 Å². The quantitative estimate of drug-likeness (QED) is 0.438. The number of para-hydroxylation sites is 2. The van der Waals surface area contributed by atoms with Crippen LogP contribution in [-0.4, -0.2) is 53.6 Å². The summed E-state index contributed by atoms with van der Waals surface area (Å²) in [7, 11) is -2.23. The maximum atomic E-state index is 13.8. The highest BCUT2D eigenvalue weighted by molar-refractivity contribution is 7.89. The molecule has 188 valence electrons. The van der Waals surface area contributed by atoms with Crippen LogP contribution in [0.15, 0.2) is 53.4 Å². The number of nitrogens with zero attached hydrogens (tertiary/aromatic N) is 5. The predicted molar refractivity (Wildman–Crippen MR) is 136 cm³/mol. The number of benzene rings is 2. The molecule has 1 fully saturated rings. The van der Waals surface area contributed by atoms with Crippen molar-refractivity contribution in [1.29, 1.82) is 5.26 Å². The highest BCUT2D eigenvalue weighted by Gasteiger charge is 2.40. The Hall–Kier alpha value is -3.19. The minimum absolute atomic E-state index is 0.0602. The van der Waals surface area contributed by atoms with E-state index in [1.807, 2.05) is 35.0 Å². The molecule has 1 aromatic heterocycles. The fourth-order valence-electron chi connectivity index (χ4n) is 5.01. The number of nitriles is 1. The highest BCUT2D eigenvalue weighted by Crippen LogP contribution is 2.36. The van der Waals surface area contributed by atoms with Crippen molar-refractivity contribution in [2.75, 3.05) is 20.2 Å². The molecule has 0 radical (unpaired) electrons. The van der Waals surface area contributed by atoms with Gasteiger partial charge in [0, 0.05) is 31.1 Å². The number of sulfonamides is 1. The number of hydrogen-bond donors (Lipinski definition) is 0. The van der Waals surface area contributed by atoms with E-state index < -0.39 is 10.0 Å². The predicted octanol–water partition coefficient (Wildman–Crippen LogP) is 3.87. The Morgan fingerprint density at radius 2 is 1.92 bits per heavy atom. The monoisotopic (exact) mass is 505 g/mol. The summed E-state index contributed by atoms with van der Waals surface area (Å²) in [6, 6.07) is 16.2. The maximum Gasteiger partial charge on any atom is 0.245 e. The number of aromatic nitrogens is 2. The molecule has 0 N–H and O–H groups in total. The van der Waals surface area contributed by atoms with Crippen molar-refractivity contribution in [1.82, 2.24) is 19.0 Å². The Morgan fingerprint density at radius 1 is 1.17 bits per heavy atom. The van der Waals surface area contributed by atoms with Crippen LogP contribution in [-0.2, 0) is 29.5 Å². The van der Waals surface area contributed by atoms with Crippen LogP contribution < -0.4 is 4.74 Å². The zero-order chi connectivity index (χ0) is 25.3. The number of methoxy groups -OCH3 is 1. The molecule has 1 saturated carbocycles. The average molecular weight is 506 g/mol. The lowest BCUT2D eigenvalue weighted by atomic mass is 10.0. The molecule has 0 unspecified atom stereocenters. The van der Waals surface area contributed by atoms with Gasteiger partial charge in [0.15, 0.2) is 0 Å². The summed E-state index contributed by atoms with van der Waals surface area (Å²) >= 11 is 0. The topological polar surface area (TPSA) is 91.5 Å². The second-order valence-electron chi connectivity index (χ2n) is 9.37. The van der Waals surface area contributed by atoms with E-state index in [1.54, 1.807) is 29.6 Å². The Labute approximate surface area is 212 Å². The summed E-state index contributed by atoms with van der Waals surface area (Å²) in [5.41, 5.74) is 3.98. The molecule has 2 aromatic carbocycles. The third-order valence-electron chi connectivity index (χ3n) is 6.93. The first kappa shape index (κ1) is 24.5. The van der Waals surface area contributed by atoms with Crippen molar-refractivity contribution in [3.8, 4) is 17.5 Å². The van der Waals surface area contributed by atoms with Gasteiger partial charge in [0.1, 0.15) is 17.5 Å². The molecule has 1 aliphatic carbocycles. The normalized spacial score (nSPS) is 16.1. The molecule has 0 saturated heterocycles. The van der Waals surface area contributed by atoms with Gasteiger partial charge in [-0.05, 0) is 50.1 Å². The number of ether oxygens (including phenoxy) is 1. The molecule has 0 bridgehead atoms. The average Bonchev–Trinajstić information content (AvgIpc) is 3.68. The van der Waals surface area contributed by atoms with Gasteiger partial charge in [-0.3, -0.25) is 4.90 Å². The van der Waals surface area contributed by atoms with Crippen LogP contribution in [0.25, 0.3) is 5.69 Å². The minimum atomic E-state index is -3.87. The Balaban J connectivity index is 1.59. The molecule has 3 aromatic rings. The maximum absolute atomic E-state index is 13.8. The largest absolute Gasteiger partial charge is 0.494 e. The summed E-state index contributed by atoms with van der Waals surface area (Å²) in [5.74, 6) is 0.722. The van der Waals surface area contributed by atoms with Gasteiger partial charge in [0.2, 0.25) is 10.0 Å². The van der Waals surface area contributed by atoms with Crippen molar-refractivity contribution in [3.63, 3.8) is 0 Å². The van der Waals surface area contributed by atoms with E-state index in [-0.39, 0.29) is 23.0 Å². The Bertz CT molecular complexity index is 1410. The van der Waals surface area contributed by atoms with E-state index in [1.165, 1.54) is 6.07 Å². The molecule has 8 nitrogen and oxygen atoms in total. The van der Waals surface area contributed by atoms with E-state index in [0.717, 1.165) is 73.7 Å². The lowest BCUT2D eigenvalue weighted by Gasteiger charge is -2.28. The van der Waals surface area contributed by atoms with Gasteiger partial charge in [-0.15, -0.1) is 0 Å². The fourth-order valence-corrected chi connectivity index (χ4v) is 6.80. The third-order valence-corrected chi connectivity index (χ3v) is 8.88. The van der Waals surface area contributed by atoms with Crippen LogP contribution >= 0.6 is 0 Å². The van der Waals surface area contributed by atoms with Crippen molar-refractivity contribution in [2.24, 2.45) is 0 Å². The van der Waals surface area contributed by atoms with E-state index in [2.05, 4.69) is 11.8 Å². The zero-order valence-electron chi connectivity index (χ0n) is 20.7. The molecule has 2 aliphatic rings. The van der Waals surface area contributed by atoms with E-state index >= 15 is 0 Å². The first-order chi connectivity index (χ1) is 17.5. The second kappa shape index (κ2) is 10.1. The SMILES string of the molecule is CCCN1CCc2c(c(CN(C3CC3)S(=O)(=O)c3ccccc3C#N)nn2-c2ccccc2OC)C1. The lowest BCUT2D eigenvalue weighted by molar-refractivity contribution is 0.251. The molecule has 2 heterocycles. The third kappa shape index (κ3) is 4.52. The van der Waals surface area contributed by atoms with Gasteiger partial charge < -0.3 is 4.74 Å². The summed E-state index contributed by atoms with van der Waals surface area (Å²) in [5, 5.41) is 14.6. The van der Waals surface area contributed by atoms with E-state index in [0.29, 0.717) is 0 Å². The highest BCUT2D eigenvalue weighted by atomic mass is 32.2. The second-order valence-corrected chi connectivity index (χ2v) is 11.2. The van der Waals surface area contributed by atoms with Crippen molar-refractivity contribution >= 4 is 10.0 Å². The van der Waals surface area contributed by atoms with Crippen molar-refractivity contribution < 1.29 is 13.2 Å². The summed E-state index contributed by atoms with van der Waals surface area (Å²) in [4.78, 5) is 2.46. The number of hydrogen-bond acceptors (Lipinski definition) is 6. The van der Waals surface area contributed by atoms with Crippen molar-refractivity contribution in [2.45, 2.75) is 56.6 Å². The molecular weight excluding hydrogens is 474 g/mol. The zero-order valence-corrected chi connectivity index (χ0v) is 21.5. The fraction of sp³-hybridized carbons (Fsp3) is 0.407. The van der Waals surface area contributed by atoms with Gasteiger partial charge in [0.05, 0.1) is 35.5 Å². The minimum Gasteiger partial charge on any atom is -0.494 e. The molecule has 36 heavy (non-hydrogen) atoms. The smallest absolute Gasteiger partial charge is 0.245 e. The van der Waals surface area contributed by atoms with Crippen LogP contribution in [0.2, 0.25) is 0 Å². The molecule has 5 rings (SSSR count). The molecule has 1 aliphatic heterocycles. The van der Waals surface area contributed by atoms with E-state index in [9.17, 15) is 13.7 Å². The first-order valence-corrected chi connectivity index (χ1v) is 13.9. The summed E-state index contributed by atoms with van der Waals surface area (Å²) < 4.78 is 36.7. The number of fused-ring (bicyclic) bond motifs is 1.